The summed E-state index contributed by atoms with van der Waals surface area (Å²) in [5.41, 5.74) is 0.306. The molecule has 0 saturated carbocycles. The molecule has 1 aromatic heterocycles. The zero-order valence-electron chi connectivity index (χ0n) is 11.5. The largest absolute Gasteiger partial charge is 0.476 e. The molecular weight excluding hydrogens is 331 g/mol. The first-order chi connectivity index (χ1) is 10.5. The van der Waals surface area contributed by atoms with Gasteiger partial charge in [-0.1, -0.05) is 23.2 Å². The first-order valence-corrected chi connectivity index (χ1v) is 6.96. The summed E-state index contributed by atoms with van der Waals surface area (Å²) >= 11 is 12.0. The van der Waals surface area contributed by atoms with Crippen LogP contribution in [0.1, 0.15) is 10.5 Å². The van der Waals surface area contributed by atoms with Crippen LogP contribution in [-0.4, -0.2) is 41.4 Å². The van der Waals surface area contributed by atoms with Crippen LogP contribution in [0.4, 0.5) is 0 Å². The molecule has 0 aliphatic carbocycles. The Morgan fingerprint density at radius 3 is 2.73 bits per heavy atom. The van der Waals surface area contributed by atoms with Crippen LogP contribution in [0.5, 0.6) is 5.88 Å². The summed E-state index contributed by atoms with van der Waals surface area (Å²) in [5.74, 6) is -1.03. The second kappa shape index (κ2) is 7.40. The number of nitrogens with zero attached hydrogens (tertiary/aromatic N) is 2. The number of hydrogen-bond donors (Lipinski definition) is 1. The van der Waals surface area contributed by atoms with Crippen molar-refractivity contribution in [3.8, 4) is 17.1 Å². The number of ether oxygens (including phenoxy) is 2. The molecule has 22 heavy (non-hydrogen) atoms. The summed E-state index contributed by atoms with van der Waals surface area (Å²) in [4.78, 5) is 19.4. The third kappa shape index (κ3) is 3.85. The van der Waals surface area contributed by atoms with Crippen molar-refractivity contribution >= 4 is 29.2 Å². The summed E-state index contributed by atoms with van der Waals surface area (Å²) < 4.78 is 10.2. The Morgan fingerprint density at radius 1 is 1.32 bits per heavy atom. The zero-order chi connectivity index (χ0) is 16.1. The van der Waals surface area contributed by atoms with Crippen LogP contribution in [0.25, 0.3) is 11.3 Å². The van der Waals surface area contributed by atoms with E-state index in [2.05, 4.69) is 9.97 Å². The van der Waals surface area contributed by atoms with Gasteiger partial charge in [0.15, 0.2) is 5.69 Å². The molecule has 0 bridgehead atoms. The fourth-order valence-corrected chi connectivity index (χ4v) is 2.20. The first-order valence-electron chi connectivity index (χ1n) is 6.20. The van der Waals surface area contributed by atoms with Gasteiger partial charge < -0.3 is 14.6 Å². The van der Waals surface area contributed by atoms with Gasteiger partial charge in [-0.25, -0.2) is 14.8 Å². The summed E-state index contributed by atoms with van der Waals surface area (Å²) in [6.07, 6.45) is 1.24. The van der Waals surface area contributed by atoms with E-state index in [4.69, 9.17) is 32.7 Å². The molecule has 1 N–H and O–H groups in total. The molecule has 0 radical (unpaired) electrons. The Labute approximate surface area is 136 Å². The fraction of sp³-hybridized carbons (Fsp3) is 0.214. The van der Waals surface area contributed by atoms with Crippen LogP contribution >= 0.6 is 23.2 Å². The van der Waals surface area contributed by atoms with E-state index in [1.165, 1.54) is 12.3 Å². The summed E-state index contributed by atoms with van der Waals surface area (Å²) in [5, 5.41) is 9.96. The number of rotatable bonds is 6. The Kier molecular flexibility index (Phi) is 5.54. The van der Waals surface area contributed by atoms with Crippen LogP contribution in [0, 0.1) is 0 Å². The van der Waals surface area contributed by atoms with Crippen molar-refractivity contribution in [2.75, 3.05) is 20.3 Å². The van der Waals surface area contributed by atoms with Gasteiger partial charge in [-0.3, -0.25) is 0 Å². The number of aromatic nitrogens is 2. The van der Waals surface area contributed by atoms with Crippen molar-refractivity contribution in [2.24, 2.45) is 0 Å². The number of hydrogen-bond acceptors (Lipinski definition) is 5. The molecule has 0 aliphatic rings. The number of benzene rings is 1. The smallest absolute Gasteiger partial charge is 0.356 e. The number of carbonyl (C=O) groups is 1. The Balaban J connectivity index is 2.45. The Bertz CT molecular complexity index is 695. The van der Waals surface area contributed by atoms with Gasteiger partial charge in [-0.2, -0.15) is 0 Å². The summed E-state index contributed by atoms with van der Waals surface area (Å²) in [6.45, 7) is 0.644. The van der Waals surface area contributed by atoms with Gasteiger partial charge in [0.05, 0.1) is 17.8 Å². The van der Waals surface area contributed by atoms with E-state index >= 15 is 0 Å². The van der Waals surface area contributed by atoms with Crippen LogP contribution in [0.3, 0.4) is 0 Å². The third-order valence-electron chi connectivity index (χ3n) is 2.68. The van der Waals surface area contributed by atoms with E-state index in [9.17, 15) is 9.90 Å². The minimum Gasteiger partial charge on any atom is -0.476 e. The van der Waals surface area contributed by atoms with Gasteiger partial charge in [0.1, 0.15) is 12.3 Å². The van der Waals surface area contributed by atoms with Crippen molar-refractivity contribution in [1.82, 2.24) is 9.97 Å². The number of carboxylic acid groups (broad SMARTS) is 1. The Hall–Kier alpha value is -1.89. The van der Waals surface area contributed by atoms with Crippen molar-refractivity contribution in [3.63, 3.8) is 0 Å². The number of aromatic carboxylic acids is 1. The lowest BCUT2D eigenvalue weighted by atomic mass is 10.1. The Morgan fingerprint density at radius 2 is 2.09 bits per heavy atom. The summed E-state index contributed by atoms with van der Waals surface area (Å²) in [6, 6.07) is 4.68. The highest BCUT2D eigenvalue weighted by Gasteiger charge is 2.19. The lowest BCUT2D eigenvalue weighted by molar-refractivity contribution is 0.0690. The van der Waals surface area contributed by atoms with Gasteiger partial charge in [-0.05, 0) is 18.2 Å². The molecule has 8 heteroatoms. The third-order valence-corrected chi connectivity index (χ3v) is 3.22. The molecule has 0 saturated heterocycles. The average molecular weight is 343 g/mol. The minimum absolute atomic E-state index is 0.115. The molecule has 0 atom stereocenters. The molecule has 0 unspecified atom stereocenters. The van der Waals surface area contributed by atoms with E-state index in [1.54, 1.807) is 19.2 Å². The highest BCUT2D eigenvalue weighted by Crippen LogP contribution is 2.31. The maximum Gasteiger partial charge on any atom is 0.356 e. The normalized spacial score (nSPS) is 10.5. The van der Waals surface area contributed by atoms with Crippen molar-refractivity contribution < 1.29 is 19.4 Å². The molecule has 2 rings (SSSR count). The minimum atomic E-state index is -1.21. The highest BCUT2D eigenvalue weighted by molar-refractivity contribution is 6.36. The maximum atomic E-state index is 11.3. The van der Waals surface area contributed by atoms with Gasteiger partial charge in [0, 0.05) is 17.7 Å². The SMILES string of the molecule is COCCOc1cnc(C(=O)O)c(-c2ccc(Cl)cc2Cl)n1. The maximum absolute atomic E-state index is 11.3. The number of carboxylic acids is 1. The van der Waals surface area contributed by atoms with Crippen molar-refractivity contribution in [3.05, 3.63) is 40.1 Å². The summed E-state index contributed by atoms with van der Waals surface area (Å²) in [7, 11) is 1.54. The van der Waals surface area contributed by atoms with Gasteiger partial charge in [0.25, 0.3) is 0 Å². The van der Waals surface area contributed by atoms with Gasteiger partial charge in [0.2, 0.25) is 5.88 Å². The van der Waals surface area contributed by atoms with E-state index < -0.39 is 5.97 Å². The molecule has 0 spiro atoms. The molecular formula is C14H12Cl2N2O4. The molecule has 6 nitrogen and oxygen atoms in total. The lowest BCUT2D eigenvalue weighted by Gasteiger charge is -2.10. The van der Waals surface area contributed by atoms with Crippen LogP contribution in [-0.2, 0) is 4.74 Å². The molecule has 116 valence electrons. The fourth-order valence-electron chi connectivity index (χ4n) is 1.70. The monoisotopic (exact) mass is 342 g/mol. The van der Waals surface area contributed by atoms with Gasteiger partial charge in [-0.15, -0.1) is 0 Å². The van der Waals surface area contributed by atoms with Gasteiger partial charge >= 0.3 is 5.97 Å². The van der Waals surface area contributed by atoms with E-state index in [0.717, 1.165) is 0 Å². The second-order valence-corrected chi connectivity index (χ2v) is 5.02. The van der Waals surface area contributed by atoms with Crippen LogP contribution in [0.2, 0.25) is 10.0 Å². The predicted octanol–water partition coefficient (Wildman–Crippen LogP) is 3.17. The van der Waals surface area contributed by atoms with Crippen LogP contribution < -0.4 is 4.74 Å². The van der Waals surface area contributed by atoms with E-state index in [-0.39, 0.29) is 28.9 Å². The van der Waals surface area contributed by atoms with E-state index in [1.807, 2.05) is 0 Å². The standard InChI is InChI=1S/C14H12Cl2N2O4/c1-21-4-5-22-11-7-17-13(14(19)20)12(18-11)9-3-2-8(15)6-10(9)16/h2-3,6-7H,4-5H2,1H3,(H,19,20). The first kappa shape index (κ1) is 16.5. The van der Waals surface area contributed by atoms with Crippen molar-refractivity contribution in [2.45, 2.75) is 0 Å². The van der Waals surface area contributed by atoms with E-state index in [0.29, 0.717) is 17.2 Å². The number of methoxy groups -OCH3 is 1. The second-order valence-electron chi connectivity index (χ2n) is 4.18. The van der Waals surface area contributed by atoms with Crippen molar-refractivity contribution in [1.29, 1.82) is 0 Å². The average Bonchev–Trinajstić information content (AvgIpc) is 2.47. The molecule has 2 aromatic rings. The highest BCUT2D eigenvalue weighted by atomic mass is 35.5. The van der Waals surface area contributed by atoms with Crippen LogP contribution in [0.15, 0.2) is 24.4 Å². The molecule has 1 aromatic carbocycles. The number of halogens is 2. The zero-order valence-corrected chi connectivity index (χ0v) is 13.1. The topological polar surface area (TPSA) is 81.5 Å². The molecule has 1 heterocycles. The predicted molar refractivity (Wildman–Crippen MR) is 81.8 cm³/mol. The lowest BCUT2D eigenvalue weighted by Crippen LogP contribution is -2.09. The quantitative estimate of drug-likeness (QED) is 0.812. The molecule has 0 amide bonds. The molecule has 0 fully saturated rings. The molecule has 0 aliphatic heterocycles.